The number of fused-ring (bicyclic) bond motifs is 1. The first kappa shape index (κ1) is 10.5. The maximum atomic E-state index is 11.0. The lowest BCUT2D eigenvalue weighted by atomic mass is 10.4. The van der Waals surface area contributed by atoms with Gasteiger partial charge < -0.3 is 0 Å². The summed E-state index contributed by atoms with van der Waals surface area (Å²) in [5.41, 5.74) is 0.454. The Morgan fingerprint density at radius 1 is 1.53 bits per heavy atom. The Labute approximate surface area is 94.2 Å². The van der Waals surface area contributed by atoms with Crippen LogP contribution in [0.3, 0.4) is 0 Å². The molecule has 0 bridgehead atoms. The minimum Gasteiger partial charge on any atom is -0.269 e. The number of halogens is 1. The summed E-state index contributed by atoms with van der Waals surface area (Å²) in [6, 6.07) is 0. The van der Waals surface area contributed by atoms with Gasteiger partial charge in [-0.1, -0.05) is 0 Å². The van der Waals surface area contributed by atoms with E-state index in [-0.39, 0.29) is 11.6 Å². The second-order valence-corrected chi connectivity index (χ2v) is 6.06. The van der Waals surface area contributed by atoms with Crippen molar-refractivity contribution in [1.29, 1.82) is 0 Å². The van der Waals surface area contributed by atoms with Crippen molar-refractivity contribution in [1.82, 2.24) is 20.2 Å². The summed E-state index contributed by atoms with van der Waals surface area (Å²) in [6.07, 6.45) is 2.68. The molecule has 0 aliphatic carbocycles. The van der Waals surface area contributed by atoms with Crippen LogP contribution in [0.15, 0.2) is 10.8 Å². The van der Waals surface area contributed by atoms with Gasteiger partial charge in [0.05, 0.1) is 5.39 Å². The Balaban J connectivity index is 2.48. The molecule has 2 heterocycles. The zero-order valence-corrected chi connectivity index (χ0v) is 10.1. The molecule has 2 aromatic rings. The molecular weight excluding hydrogens is 284 g/mol. The molecule has 0 aliphatic rings. The van der Waals surface area contributed by atoms with E-state index in [4.69, 9.17) is 0 Å². The minimum atomic E-state index is -3.11. The predicted molar refractivity (Wildman–Crippen MR) is 57.9 cm³/mol. The van der Waals surface area contributed by atoms with Crippen LogP contribution in [0.1, 0.15) is 5.82 Å². The largest absolute Gasteiger partial charge is 0.269 e. The topological polar surface area (TPSA) is 88.6 Å². The number of nitrogens with one attached hydrogen (secondary N) is 1. The van der Waals surface area contributed by atoms with Gasteiger partial charge in [0.1, 0.15) is 16.2 Å². The molecule has 0 saturated heterocycles. The highest BCUT2D eigenvalue weighted by atomic mass is 79.9. The summed E-state index contributed by atoms with van der Waals surface area (Å²) in [4.78, 5) is 7.96. The fraction of sp³-hybridized carbons (Fsp3) is 0.286. The zero-order valence-electron chi connectivity index (χ0n) is 7.73. The number of hydrogen-bond donors (Lipinski definition) is 1. The van der Waals surface area contributed by atoms with E-state index in [0.717, 1.165) is 11.6 Å². The molecule has 80 valence electrons. The van der Waals surface area contributed by atoms with Crippen LogP contribution in [0, 0.1) is 0 Å². The van der Waals surface area contributed by atoms with Gasteiger partial charge in [-0.25, -0.2) is 18.4 Å². The first-order valence-electron chi connectivity index (χ1n) is 3.99. The van der Waals surface area contributed by atoms with Crippen molar-refractivity contribution in [3.63, 3.8) is 0 Å². The molecule has 2 aromatic heterocycles. The fourth-order valence-electron chi connectivity index (χ4n) is 1.11. The lowest BCUT2D eigenvalue weighted by Gasteiger charge is -1.96. The third kappa shape index (κ3) is 2.32. The van der Waals surface area contributed by atoms with Crippen LogP contribution >= 0.6 is 15.9 Å². The monoisotopic (exact) mass is 290 g/mol. The van der Waals surface area contributed by atoms with Gasteiger partial charge in [0.15, 0.2) is 15.5 Å². The summed E-state index contributed by atoms with van der Waals surface area (Å²) in [5, 5.41) is 7.30. The SMILES string of the molecule is CS(=O)(=O)Cc1ncc2c(Br)[nH]nc2n1. The van der Waals surface area contributed by atoms with Crippen molar-refractivity contribution in [3.05, 3.63) is 16.6 Å². The molecular formula is C7H7BrN4O2S. The van der Waals surface area contributed by atoms with Crippen molar-refractivity contribution < 1.29 is 8.42 Å². The number of nitrogens with zero attached hydrogens (tertiary/aromatic N) is 3. The van der Waals surface area contributed by atoms with Crippen molar-refractivity contribution >= 4 is 36.8 Å². The molecule has 6 nitrogen and oxygen atoms in total. The second kappa shape index (κ2) is 3.53. The van der Waals surface area contributed by atoms with Crippen molar-refractivity contribution in [2.45, 2.75) is 5.75 Å². The highest BCUT2D eigenvalue weighted by molar-refractivity contribution is 9.10. The molecule has 1 N–H and O–H groups in total. The van der Waals surface area contributed by atoms with E-state index in [9.17, 15) is 8.42 Å². The van der Waals surface area contributed by atoms with Crippen LogP contribution in [0.4, 0.5) is 0 Å². The Morgan fingerprint density at radius 3 is 2.93 bits per heavy atom. The Morgan fingerprint density at radius 2 is 2.27 bits per heavy atom. The molecule has 0 amide bonds. The standard InChI is InChI=1S/C7H7BrN4O2S/c1-15(13,14)3-5-9-2-4-6(8)11-12-7(4)10-5/h2H,3H2,1H3,(H,9,10,11,12). The quantitative estimate of drug-likeness (QED) is 0.878. The van der Waals surface area contributed by atoms with E-state index in [2.05, 4.69) is 36.1 Å². The number of H-pyrrole nitrogens is 1. The van der Waals surface area contributed by atoms with Crippen LogP contribution < -0.4 is 0 Å². The minimum absolute atomic E-state index is 0.173. The van der Waals surface area contributed by atoms with E-state index >= 15 is 0 Å². The summed E-state index contributed by atoms with van der Waals surface area (Å²) in [6.45, 7) is 0. The van der Waals surface area contributed by atoms with Crippen LogP contribution in [0.2, 0.25) is 0 Å². The average Bonchev–Trinajstić information content (AvgIpc) is 2.45. The van der Waals surface area contributed by atoms with Gasteiger partial charge >= 0.3 is 0 Å². The Kier molecular flexibility index (Phi) is 2.47. The number of sulfone groups is 1. The molecule has 0 spiro atoms. The number of hydrogen-bond acceptors (Lipinski definition) is 5. The molecule has 0 fully saturated rings. The van der Waals surface area contributed by atoms with Gasteiger partial charge in [-0.2, -0.15) is 5.10 Å². The maximum Gasteiger partial charge on any atom is 0.185 e. The Hall–Kier alpha value is -1.02. The maximum absolute atomic E-state index is 11.0. The highest BCUT2D eigenvalue weighted by Gasteiger charge is 2.10. The molecule has 0 aliphatic heterocycles. The highest BCUT2D eigenvalue weighted by Crippen LogP contribution is 2.18. The first-order chi connectivity index (χ1) is 6.96. The fourth-order valence-corrected chi connectivity index (χ4v) is 2.09. The molecule has 0 radical (unpaired) electrons. The lowest BCUT2D eigenvalue weighted by Crippen LogP contribution is -2.04. The van der Waals surface area contributed by atoms with Gasteiger partial charge in [0.2, 0.25) is 0 Å². The van der Waals surface area contributed by atoms with Gasteiger partial charge in [-0.15, -0.1) is 0 Å². The summed E-state index contributed by atoms with van der Waals surface area (Å²) >= 11 is 3.24. The van der Waals surface area contributed by atoms with Gasteiger partial charge in [0, 0.05) is 12.5 Å². The van der Waals surface area contributed by atoms with Crippen molar-refractivity contribution in [2.24, 2.45) is 0 Å². The summed E-state index contributed by atoms with van der Waals surface area (Å²) in [5.74, 6) is 0.0805. The van der Waals surface area contributed by atoms with Crippen molar-refractivity contribution in [3.8, 4) is 0 Å². The number of rotatable bonds is 2. The van der Waals surface area contributed by atoms with Gasteiger partial charge in [-0.3, -0.25) is 5.10 Å². The zero-order chi connectivity index (χ0) is 11.1. The molecule has 0 atom stereocenters. The number of aromatic amines is 1. The van der Waals surface area contributed by atoms with E-state index < -0.39 is 9.84 Å². The smallest absolute Gasteiger partial charge is 0.185 e. The van der Waals surface area contributed by atoms with E-state index in [0.29, 0.717) is 10.3 Å². The van der Waals surface area contributed by atoms with E-state index in [1.807, 2.05) is 0 Å². The van der Waals surface area contributed by atoms with E-state index in [1.165, 1.54) is 6.20 Å². The third-order valence-electron chi connectivity index (χ3n) is 1.71. The summed E-state index contributed by atoms with van der Waals surface area (Å²) < 4.78 is 22.7. The van der Waals surface area contributed by atoms with Crippen LogP contribution in [0.5, 0.6) is 0 Å². The van der Waals surface area contributed by atoms with E-state index in [1.54, 1.807) is 0 Å². The van der Waals surface area contributed by atoms with Crippen LogP contribution in [0.25, 0.3) is 11.0 Å². The molecule has 2 rings (SSSR count). The second-order valence-electron chi connectivity index (χ2n) is 3.13. The average molecular weight is 291 g/mol. The van der Waals surface area contributed by atoms with Gasteiger partial charge in [-0.05, 0) is 15.9 Å². The molecule has 8 heteroatoms. The summed E-state index contributed by atoms with van der Waals surface area (Å²) in [7, 11) is -3.11. The lowest BCUT2D eigenvalue weighted by molar-refractivity contribution is 0.599. The predicted octanol–water partition coefficient (Wildman–Crippen LogP) is 0.660. The number of aromatic nitrogens is 4. The van der Waals surface area contributed by atoms with Gasteiger partial charge in [0.25, 0.3) is 0 Å². The Bertz CT molecular complexity index is 606. The normalized spacial score (nSPS) is 12.1. The molecule has 0 unspecified atom stereocenters. The third-order valence-corrected chi connectivity index (χ3v) is 3.09. The molecule has 0 aromatic carbocycles. The molecule has 15 heavy (non-hydrogen) atoms. The first-order valence-corrected chi connectivity index (χ1v) is 6.84. The molecule has 0 saturated carbocycles. The van der Waals surface area contributed by atoms with Crippen molar-refractivity contribution in [2.75, 3.05) is 6.26 Å². The van der Waals surface area contributed by atoms with Crippen LogP contribution in [-0.2, 0) is 15.6 Å². The van der Waals surface area contributed by atoms with Crippen LogP contribution in [-0.4, -0.2) is 34.8 Å².